The standard InChI is InChI=1S/C9H19N3O4S/c1-9(7-10)3-5-12(6-4-9)17(14,15)11-8(13)16-2/h3-7,10H2,1-2H3,(H,11,13). The molecule has 100 valence electrons. The number of carbonyl (C=O) groups excluding carboxylic acids is 1. The fourth-order valence-corrected chi connectivity index (χ4v) is 2.77. The number of rotatable bonds is 3. The summed E-state index contributed by atoms with van der Waals surface area (Å²) in [6.07, 6.45) is 0.397. The van der Waals surface area contributed by atoms with Crippen molar-refractivity contribution in [1.29, 1.82) is 0 Å². The van der Waals surface area contributed by atoms with Crippen LogP contribution in [0, 0.1) is 5.41 Å². The Hall–Kier alpha value is -0.860. The molecule has 0 aromatic rings. The van der Waals surface area contributed by atoms with E-state index in [2.05, 4.69) is 4.74 Å². The first-order valence-corrected chi connectivity index (χ1v) is 6.83. The SMILES string of the molecule is COC(=O)NS(=O)(=O)N1CCC(C)(CN)CC1. The fourth-order valence-electron chi connectivity index (χ4n) is 1.68. The highest BCUT2D eigenvalue weighted by molar-refractivity contribution is 7.87. The molecule has 17 heavy (non-hydrogen) atoms. The van der Waals surface area contributed by atoms with E-state index < -0.39 is 16.3 Å². The molecule has 1 aliphatic heterocycles. The molecule has 0 unspecified atom stereocenters. The van der Waals surface area contributed by atoms with Gasteiger partial charge >= 0.3 is 16.3 Å². The third kappa shape index (κ3) is 3.55. The molecule has 1 heterocycles. The van der Waals surface area contributed by atoms with Gasteiger partial charge in [-0.15, -0.1) is 0 Å². The maximum absolute atomic E-state index is 11.7. The Bertz CT molecular complexity index is 374. The van der Waals surface area contributed by atoms with E-state index >= 15 is 0 Å². The van der Waals surface area contributed by atoms with Crippen molar-refractivity contribution in [3.63, 3.8) is 0 Å². The van der Waals surface area contributed by atoms with Crippen LogP contribution in [0.4, 0.5) is 4.79 Å². The molecule has 1 aliphatic rings. The second-order valence-corrected chi connectivity index (χ2v) is 6.18. The van der Waals surface area contributed by atoms with Crippen molar-refractivity contribution < 1.29 is 17.9 Å². The second-order valence-electron chi connectivity index (χ2n) is 4.51. The number of hydrogen-bond donors (Lipinski definition) is 2. The lowest BCUT2D eigenvalue weighted by atomic mass is 9.81. The lowest BCUT2D eigenvalue weighted by Crippen LogP contribution is -2.49. The Morgan fingerprint density at radius 3 is 2.41 bits per heavy atom. The van der Waals surface area contributed by atoms with Crippen molar-refractivity contribution >= 4 is 16.3 Å². The van der Waals surface area contributed by atoms with Gasteiger partial charge in [-0.2, -0.15) is 12.7 Å². The zero-order chi connectivity index (χ0) is 13.1. The number of amides is 1. The molecule has 0 aliphatic carbocycles. The molecule has 8 heteroatoms. The van der Waals surface area contributed by atoms with Gasteiger partial charge in [0, 0.05) is 13.1 Å². The molecule has 0 radical (unpaired) electrons. The van der Waals surface area contributed by atoms with Gasteiger partial charge in [0.2, 0.25) is 0 Å². The molecular weight excluding hydrogens is 246 g/mol. The van der Waals surface area contributed by atoms with E-state index in [4.69, 9.17) is 5.73 Å². The van der Waals surface area contributed by atoms with Gasteiger partial charge in [-0.1, -0.05) is 6.92 Å². The van der Waals surface area contributed by atoms with Crippen molar-refractivity contribution in [1.82, 2.24) is 9.03 Å². The minimum absolute atomic E-state index is 0.0166. The van der Waals surface area contributed by atoms with Crippen molar-refractivity contribution in [3.8, 4) is 0 Å². The van der Waals surface area contributed by atoms with E-state index in [0.29, 0.717) is 32.5 Å². The minimum atomic E-state index is -3.79. The van der Waals surface area contributed by atoms with Crippen LogP contribution in [0.15, 0.2) is 0 Å². The van der Waals surface area contributed by atoms with Crippen LogP contribution < -0.4 is 10.5 Å². The number of piperidine rings is 1. The van der Waals surface area contributed by atoms with Crippen LogP contribution in [0.1, 0.15) is 19.8 Å². The van der Waals surface area contributed by atoms with Crippen molar-refractivity contribution in [2.45, 2.75) is 19.8 Å². The number of nitrogens with two attached hydrogens (primary N) is 1. The lowest BCUT2D eigenvalue weighted by molar-refractivity contribution is 0.170. The molecule has 0 aromatic heterocycles. The average Bonchev–Trinajstić information content (AvgIpc) is 2.29. The van der Waals surface area contributed by atoms with Crippen molar-refractivity contribution in [2.75, 3.05) is 26.7 Å². The van der Waals surface area contributed by atoms with Gasteiger partial charge < -0.3 is 10.5 Å². The Morgan fingerprint density at radius 2 is 2.00 bits per heavy atom. The van der Waals surface area contributed by atoms with Crippen molar-refractivity contribution in [2.24, 2.45) is 11.1 Å². The molecule has 0 bridgehead atoms. The summed E-state index contributed by atoms with van der Waals surface area (Å²) in [4.78, 5) is 10.9. The molecule has 1 amide bonds. The second kappa shape index (κ2) is 5.19. The Morgan fingerprint density at radius 1 is 1.47 bits per heavy atom. The normalized spacial score (nSPS) is 20.9. The van der Waals surface area contributed by atoms with Gasteiger partial charge in [0.25, 0.3) is 0 Å². The summed E-state index contributed by atoms with van der Waals surface area (Å²) in [5.41, 5.74) is 5.62. The maximum atomic E-state index is 11.7. The highest BCUT2D eigenvalue weighted by Gasteiger charge is 2.34. The van der Waals surface area contributed by atoms with E-state index in [9.17, 15) is 13.2 Å². The van der Waals surface area contributed by atoms with E-state index in [0.717, 1.165) is 7.11 Å². The van der Waals surface area contributed by atoms with Crippen LogP contribution in [0.2, 0.25) is 0 Å². The number of nitrogens with zero attached hydrogens (tertiary/aromatic N) is 1. The number of carbonyl (C=O) groups is 1. The van der Waals surface area contributed by atoms with Crippen LogP contribution in [-0.4, -0.2) is 45.6 Å². The van der Waals surface area contributed by atoms with Crippen molar-refractivity contribution in [3.05, 3.63) is 0 Å². The summed E-state index contributed by atoms with van der Waals surface area (Å²) in [5.74, 6) is 0. The van der Waals surface area contributed by atoms with Crippen LogP contribution in [0.3, 0.4) is 0 Å². The molecule has 0 atom stereocenters. The first kappa shape index (κ1) is 14.2. The summed E-state index contributed by atoms with van der Waals surface area (Å²) >= 11 is 0. The Labute approximate surface area is 101 Å². The zero-order valence-electron chi connectivity index (χ0n) is 10.1. The molecule has 1 saturated heterocycles. The molecule has 1 fully saturated rings. The maximum Gasteiger partial charge on any atom is 0.421 e. The zero-order valence-corrected chi connectivity index (χ0v) is 10.9. The lowest BCUT2D eigenvalue weighted by Gasteiger charge is -2.37. The number of hydrogen-bond acceptors (Lipinski definition) is 5. The summed E-state index contributed by atoms with van der Waals surface area (Å²) in [7, 11) is -2.67. The summed E-state index contributed by atoms with van der Waals surface area (Å²) in [6, 6.07) is 0. The minimum Gasteiger partial charge on any atom is -0.452 e. The molecule has 3 N–H and O–H groups in total. The monoisotopic (exact) mass is 265 g/mol. The molecule has 1 rings (SSSR count). The summed E-state index contributed by atoms with van der Waals surface area (Å²) in [5, 5.41) is 0. The fraction of sp³-hybridized carbons (Fsp3) is 0.889. The van der Waals surface area contributed by atoms with Gasteiger partial charge in [0.15, 0.2) is 0 Å². The smallest absolute Gasteiger partial charge is 0.421 e. The van der Waals surface area contributed by atoms with E-state index in [1.165, 1.54) is 4.31 Å². The van der Waals surface area contributed by atoms with Gasteiger partial charge in [-0.25, -0.2) is 9.52 Å². The molecule has 0 spiro atoms. The highest BCUT2D eigenvalue weighted by Crippen LogP contribution is 2.30. The quantitative estimate of drug-likeness (QED) is 0.726. The van der Waals surface area contributed by atoms with E-state index in [1.807, 2.05) is 11.6 Å². The Balaban J connectivity index is 2.62. The van der Waals surface area contributed by atoms with Crippen LogP contribution in [-0.2, 0) is 14.9 Å². The van der Waals surface area contributed by atoms with Crippen LogP contribution in [0.5, 0.6) is 0 Å². The van der Waals surface area contributed by atoms with Crippen LogP contribution >= 0.6 is 0 Å². The number of nitrogens with one attached hydrogen (secondary N) is 1. The predicted octanol–water partition coefficient (Wildman–Crippen LogP) is -0.352. The first-order chi connectivity index (χ1) is 7.83. The van der Waals surface area contributed by atoms with Gasteiger partial charge in [0.05, 0.1) is 7.11 Å². The highest BCUT2D eigenvalue weighted by atomic mass is 32.2. The third-order valence-corrected chi connectivity index (χ3v) is 4.63. The molecule has 7 nitrogen and oxygen atoms in total. The van der Waals surface area contributed by atoms with E-state index in [-0.39, 0.29) is 5.41 Å². The molecule has 0 saturated carbocycles. The molecule has 0 aromatic carbocycles. The third-order valence-electron chi connectivity index (χ3n) is 3.16. The number of methoxy groups -OCH3 is 1. The van der Waals surface area contributed by atoms with Gasteiger partial charge in [-0.05, 0) is 24.8 Å². The van der Waals surface area contributed by atoms with Gasteiger partial charge in [0.1, 0.15) is 0 Å². The van der Waals surface area contributed by atoms with Gasteiger partial charge in [-0.3, -0.25) is 0 Å². The summed E-state index contributed by atoms with van der Waals surface area (Å²) < 4.78 is 30.8. The average molecular weight is 265 g/mol. The van der Waals surface area contributed by atoms with E-state index in [1.54, 1.807) is 0 Å². The topological polar surface area (TPSA) is 102 Å². The summed E-state index contributed by atoms with van der Waals surface area (Å²) in [6.45, 7) is 3.29. The largest absolute Gasteiger partial charge is 0.452 e. The predicted molar refractivity (Wildman–Crippen MR) is 62.4 cm³/mol. The van der Waals surface area contributed by atoms with Crippen LogP contribution in [0.25, 0.3) is 0 Å². The number of ether oxygens (including phenoxy) is 1. The first-order valence-electron chi connectivity index (χ1n) is 5.39. The molecular formula is C9H19N3O4S. The Kier molecular flexibility index (Phi) is 4.34.